The lowest BCUT2D eigenvalue weighted by Crippen LogP contribution is -2.38. The number of nitrogens with two attached hydrogens (primary N) is 1. The molecule has 1 fully saturated rings. The molecule has 0 amide bonds. The van der Waals surface area contributed by atoms with Crippen LogP contribution in [0.4, 0.5) is 0 Å². The standard InChI is InChI=1S/C15H23N3O3/c1-20-14-4-2-3-13(14)17-9-10-21-12-7-5-11(6-8-12)15(16)18-19/h5-8,13-14,17,19H,2-4,9-10H2,1H3,(H2,16,18). The van der Waals surface area contributed by atoms with E-state index in [-0.39, 0.29) is 5.84 Å². The van der Waals surface area contributed by atoms with Gasteiger partial charge in [-0.3, -0.25) is 0 Å². The average molecular weight is 293 g/mol. The normalized spacial score (nSPS) is 22.4. The maximum absolute atomic E-state index is 8.59. The van der Waals surface area contributed by atoms with Gasteiger partial charge in [0.2, 0.25) is 0 Å². The van der Waals surface area contributed by atoms with Gasteiger partial charge in [0.05, 0.1) is 6.10 Å². The van der Waals surface area contributed by atoms with Gasteiger partial charge in [0.1, 0.15) is 12.4 Å². The SMILES string of the molecule is COC1CCCC1NCCOc1ccc(C(N)=NO)cc1. The van der Waals surface area contributed by atoms with Crippen LogP contribution in [0.25, 0.3) is 0 Å². The minimum atomic E-state index is 0.0926. The Kier molecular flexibility index (Phi) is 5.83. The van der Waals surface area contributed by atoms with Gasteiger partial charge in [-0.25, -0.2) is 0 Å². The molecule has 0 heterocycles. The van der Waals surface area contributed by atoms with Gasteiger partial charge in [-0.05, 0) is 43.5 Å². The molecule has 1 saturated carbocycles. The fourth-order valence-electron chi connectivity index (χ4n) is 2.63. The van der Waals surface area contributed by atoms with Crippen molar-refractivity contribution in [2.75, 3.05) is 20.3 Å². The number of benzene rings is 1. The Balaban J connectivity index is 1.71. The molecule has 0 aromatic heterocycles. The van der Waals surface area contributed by atoms with Crippen LogP contribution in [-0.2, 0) is 4.74 Å². The summed E-state index contributed by atoms with van der Waals surface area (Å²) >= 11 is 0. The van der Waals surface area contributed by atoms with Gasteiger partial charge in [-0.2, -0.15) is 0 Å². The molecule has 0 radical (unpaired) electrons. The zero-order valence-electron chi connectivity index (χ0n) is 12.3. The van der Waals surface area contributed by atoms with Crippen molar-refractivity contribution in [3.8, 4) is 5.75 Å². The van der Waals surface area contributed by atoms with Crippen LogP contribution >= 0.6 is 0 Å². The van der Waals surface area contributed by atoms with Gasteiger partial charge >= 0.3 is 0 Å². The van der Waals surface area contributed by atoms with Crippen LogP contribution in [0, 0.1) is 0 Å². The number of nitrogens with zero attached hydrogens (tertiary/aromatic N) is 1. The van der Waals surface area contributed by atoms with Crippen LogP contribution in [0.2, 0.25) is 0 Å². The highest BCUT2D eigenvalue weighted by atomic mass is 16.5. The Morgan fingerprint density at radius 1 is 1.38 bits per heavy atom. The zero-order chi connectivity index (χ0) is 15.1. The monoisotopic (exact) mass is 293 g/mol. The summed E-state index contributed by atoms with van der Waals surface area (Å²) in [6.07, 6.45) is 3.83. The summed E-state index contributed by atoms with van der Waals surface area (Å²) < 4.78 is 11.1. The number of ether oxygens (including phenoxy) is 2. The zero-order valence-corrected chi connectivity index (χ0v) is 12.3. The van der Waals surface area contributed by atoms with E-state index >= 15 is 0 Å². The van der Waals surface area contributed by atoms with Crippen LogP contribution in [0.15, 0.2) is 29.4 Å². The van der Waals surface area contributed by atoms with E-state index in [1.54, 1.807) is 31.4 Å². The van der Waals surface area contributed by atoms with Crippen molar-refractivity contribution in [2.45, 2.75) is 31.4 Å². The lowest BCUT2D eigenvalue weighted by atomic mass is 10.2. The van der Waals surface area contributed by atoms with Crippen molar-refractivity contribution in [3.05, 3.63) is 29.8 Å². The molecule has 1 aromatic carbocycles. The summed E-state index contributed by atoms with van der Waals surface area (Å²) in [4.78, 5) is 0. The van der Waals surface area contributed by atoms with Gasteiger partial charge < -0.3 is 25.7 Å². The second-order valence-corrected chi connectivity index (χ2v) is 5.12. The highest BCUT2D eigenvalue weighted by Gasteiger charge is 2.26. The molecular weight excluding hydrogens is 270 g/mol. The summed E-state index contributed by atoms with van der Waals surface area (Å²) in [6, 6.07) is 7.56. The van der Waals surface area contributed by atoms with Crippen molar-refractivity contribution in [3.63, 3.8) is 0 Å². The molecular formula is C15H23N3O3. The molecule has 2 rings (SSSR count). The topological polar surface area (TPSA) is 89.1 Å². The number of methoxy groups -OCH3 is 1. The molecule has 21 heavy (non-hydrogen) atoms. The summed E-state index contributed by atoms with van der Waals surface area (Å²) in [5.41, 5.74) is 6.16. The number of nitrogens with one attached hydrogen (secondary N) is 1. The van der Waals surface area contributed by atoms with E-state index in [2.05, 4.69) is 10.5 Å². The third-order valence-electron chi connectivity index (χ3n) is 3.79. The van der Waals surface area contributed by atoms with E-state index in [9.17, 15) is 0 Å². The molecule has 4 N–H and O–H groups in total. The van der Waals surface area contributed by atoms with Crippen LogP contribution in [0.1, 0.15) is 24.8 Å². The summed E-state index contributed by atoms with van der Waals surface area (Å²) in [5, 5.41) is 15.0. The lowest BCUT2D eigenvalue weighted by Gasteiger charge is -2.19. The van der Waals surface area contributed by atoms with E-state index in [4.69, 9.17) is 20.4 Å². The van der Waals surface area contributed by atoms with Crippen LogP contribution in [-0.4, -0.2) is 43.5 Å². The van der Waals surface area contributed by atoms with Gasteiger partial charge in [0.15, 0.2) is 5.84 Å². The molecule has 0 bridgehead atoms. The molecule has 0 spiro atoms. The number of hydrogen-bond acceptors (Lipinski definition) is 5. The van der Waals surface area contributed by atoms with Crippen molar-refractivity contribution in [1.29, 1.82) is 0 Å². The highest BCUT2D eigenvalue weighted by molar-refractivity contribution is 5.97. The Morgan fingerprint density at radius 2 is 2.14 bits per heavy atom. The smallest absolute Gasteiger partial charge is 0.170 e. The predicted octanol–water partition coefficient (Wildman–Crippen LogP) is 1.32. The maximum atomic E-state index is 8.59. The van der Waals surface area contributed by atoms with Gasteiger partial charge in [0, 0.05) is 25.3 Å². The van der Waals surface area contributed by atoms with Crippen molar-refractivity contribution in [2.24, 2.45) is 10.9 Å². The van der Waals surface area contributed by atoms with Crippen molar-refractivity contribution in [1.82, 2.24) is 5.32 Å². The summed E-state index contributed by atoms with van der Waals surface area (Å²) in [7, 11) is 1.77. The van der Waals surface area contributed by atoms with E-state index in [0.29, 0.717) is 24.3 Å². The fourth-order valence-corrected chi connectivity index (χ4v) is 2.63. The maximum Gasteiger partial charge on any atom is 0.170 e. The molecule has 6 nitrogen and oxygen atoms in total. The van der Waals surface area contributed by atoms with Crippen molar-refractivity contribution >= 4 is 5.84 Å². The molecule has 2 atom stereocenters. The predicted molar refractivity (Wildman–Crippen MR) is 80.9 cm³/mol. The third kappa shape index (κ3) is 4.34. The second kappa shape index (κ2) is 7.85. The molecule has 1 aromatic rings. The first-order valence-corrected chi connectivity index (χ1v) is 7.21. The minimum Gasteiger partial charge on any atom is -0.492 e. The van der Waals surface area contributed by atoms with Gasteiger partial charge in [-0.1, -0.05) is 5.16 Å². The van der Waals surface area contributed by atoms with Crippen LogP contribution in [0.3, 0.4) is 0 Å². The Bertz CT molecular complexity index is 462. The molecule has 6 heteroatoms. The molecule has 116 valence electrons. The third-order valence-corrected chi connectivity index (χ3v) is 3.79. The molecule has 0 saturated heterocycles. The molecule has 1 aliphatic rings. The fraction of sp³-hybridized carbons (Fsp3) is 0.533. The van der Waals surface area contributed by atoms with E-state index in [1.807, 2.05) is 0 Å². The lowest BCUT2D eigenvalue weighted by molar-refractivity contribution is 0.0840. The number of oxime groups is 1. The van der Waals surface area contributed by atoms with Crippen molar-refractivity contribution < 1.29 is 14.7 Å². The largest absolute Gasteiger partial charge is 0.492 e. The number of amidine groups is 1. The highest BCUT2D eigenvalue weighted by Crippen LogP contribution is 2.21. The summed E-state index contributed by atoms with van der Waals surface area (Å²) in [5.74, 6) is 0.857. The second-order valence-electron chi connectivity index (χ2n) is 5.12. The van der Waals surface area contributed by atoms with E-state index < -0.39 is 0 Å². The Hall–Kier alpha value is -1.79. The first-order valence-electron chi connectivity index (χ1n) is 7.21. The van der Waals surface area contributed by atoms with Gasteiger partial charge in [-0.15, -0.1) is 0 Å². The van der Waals surface area contributed by atoms with Gasteiger partial charge in [0.25, 0.3) is 0 Å². The van der Waals surface area contributed by atoms with Crippen LogP contribution in [0.5, 0.6) is 5.75 Å². The quantitative estimate of drug-likeness (QED) is 0.232. The number of rotatable bonds is 7. The Labute approximate surface area is 124 Å². The number of hydrogen-bond donors (Lipinski definition) is 3. The average Bonchev–Trinajstić information content (AvgIpc) is 2.99. The molecule has 0 aliphatic heterocycles. The summed E-state index contributed by atoms with van der Waals surface area (Å²) in [6.45, 7) is 1.38. The molecule has 1 aliphatic carbocycles. The van der Waals surface area contributed by atoms with E-state index in [0.717, 1.165) is 25.1 Å². The Morgan fingerprint density at radius 3 is 2.81 bits per heavy atom. The first kappa shape index (κ1) is 15.6. The van der Waals surface area contributed by atoms with E-state index in [1.165, 1.54) is 6.42 Å². The molecule has 2 unspecified atom stereocenters. The minimum absolute atomic E-state index is 0.0926. The van der Waals surface area contributed by atoms with Crippen LogP contribution < -0.4 is 15.8 Å². The first-order chi connectivity index (χ1) is 10.2.